The van der Waals surface area contributed by atoms with Gasteiger partial charge in [-0.2, -0.15) is 0 Å². The summed E-state index contributed by atoms with van der Waals surface area (Å²) in [6.07, 6.45) is 1.67. The fourth-order valence-corrected chi connectivity index (χ4v) is 3.21. The first kappa shape index (κ1) is 17.8. The maximum atomic E-state index is 12.3. The quantitative estimate of drug-likeness (QED) is 0.688. The van der Waals surface area contributed by atoms with Gasteiger partial charge in [0.05, 0.1) is 11.7 Å². The number of nitrogens with zero attached hydrogens (tertiary/aromatic N) is 2. The molecule has 0 aliphatic rings. The van der Waals surface area contributed by atoms with Crippen molar-refractivity contribution in [3.8, 4) is 0 Å². The second-order valence-electron chi connectivity index (χ2n) is 5.69. The number of carbonyl (C=O) groups is 2. The number of rotatable bonds is 6. The minimum atomic E-state index is -0.155. The van der Waals surface area contributed by atoms with Crippen molar-refractivity contribution in [1.29, 1.82) is 0 Å². The summed E-state index contributed by atoms with van der Waals surface area (Å²) in [5.41, 5.74) is 1.33. The van der Waals surface area contributed by atoms with Crippen LogP contribution in [0.5, 0.6) is 0 Å². The van der Waals surface area contributed by atoms with E-state index >= 15 is 0 Å². The van der Waals surface area contributed by atoms with Crippen LogP contribution >= 0.6 is 11.3 Å². The van der Waals surface area contributed by atoms with E-state index in [-0.39, 0.29) is 30.3 Å². The van der Waals surface area contributed by atoms with E-state index in [2.05, 4.69) is 15.6 Å². The lowest BCUT2D eigenvalue weighted by Crippen LogP contribution is -2.27. The summed E-state index contributed by atoms with van der Waals surface area (Å²) < 4.78 is 1.45. The van der Waals surface area contributed by atoms with Crippen LogP contribution in [0.25, 0.3) is 10.2 Å². The largest absolute Gasteiger partial charge is 0.355 e. The van der Waals surface area contributed by atoms with Crippen molar-refractivity contribution in [3.05, 3.63) is 63.5 Å². The maximum Gasteiger partial charge on any atom is 0.262 e. The molecule has 8 heteroatoms. The van der Waals surface area contributed by atoms with Gasteiger partial charge in [0.25, 0.3) is 11.5 Å². The first-order chi connectivity index (χ1) is 12.6. The highest BCUT2D eigenvalue weighted by Gasteiger charge is 2.08. The molecule has 0 aliphatic heterocycles. The molecule has 7 nitrogen and oxygen atoms in total. The molecular weight excluding hydrogens is 352 g/mol. The van der Waals surface area contributed by atoms with Gasteiger partial charge in [-0.3, -0.25) is 19.0 Å². The summed E-state index contributed by atoms with van der Waals surface area (Å²) in [4.78, 5) is 40.7. The third-order valence-corrected chi connectivity index (χ3v) is 4.78. The van der Waals surface area contributed by atoms with Gasteiger partial charge in [0.1, 0.15) is 4.83 Å². The highest BCUT2D eigenvalue weighted by molar-refractivity contribution is 7.16. The fraction of sp³-hybridized carbons (Fsp3) is 0.222. The SMILES string of the molecule is CNC(=O)c1ccc(CNC(=O)CCn2cnc3sccc3c2=O)cc1. The molecule has 2 heterocycles. The molecule has 2 N–H and O–H groups in total. The fourth-order valence-electron chi connectivity index (χ4n) is 2.48. The van der Waals surface area contributed by atoms with Crippen molar-refractivity contribution >= 4 is 33.4 Å². The number of carbonyl (C=O) groups excluding carboxylic acids is 2. The number of aromatic nitrogens is 2. The lowest BCUT2D eigenvalue weighted by atomic mass is 10.1. The van der Waals surface area contributed by atoms with Crippen LogP contribution in [-0.4, -0.2) is 28.4 Å². The lowest BCUT2D eigenvalue weighted by molar-refractivity contribution is -0.121. The molecular formula is C18H18N4O3S. The Balaban J connectivity index is 1.53. The van der Waals surface area contributed by atoms with E-state index in [1.54, 1.807) is 37.4 Å². The number of aryl methyl sites for hydroxylation is 1. The molecule has 2 aromatic heterocycles. The Morgan fingerprint density at radius 3 is 2.69 bits per heavy atom. The summed E-state index contributed by atoms with van der Waals surface area (Å²) in [6, 6.07) is 8.76. The van der Waals surface area contributed by atoms with Crippen LogP contribution in [-0.2, 0) is 17.9 Å². The van der Waals surface area contributed by atoms with Crippen LogP contribution in [0.3, 0.4) is 0 Å². The van der Waals surface area contributed by atoms with Crippen molar-refractivity contribution in [1.82, 2.24) is 20.2 Å². The topological polar surface area (TPSA) is 93.1 Å². The molecule has 0 saturated heterocycles. The minimum absolute atomic E-state index is 0.131. The van der Waals surface area contributed by atoms with Gasteiger partial charge < -0.3 is 10.6 Å². The molecule has 26 heavy (non-hydrogen) atoms. The maximum absolute atomic E-state index is 12.3. The average Bonchev–Trinajstić information content (AvgIpc) is 3.15. The summed E-state index contributed by atoms with van der Waals surface area (Å²) in [7, 11) is 1.58. The third-order valence-electron chi connectivity index (χ3n) is 3.96. The number of hydrogen-bond donors (Lipinski definition) is 2. The van der Waals surface area contributed by atoms with E-state index in [9.17, 15) is 14.4 Å². The van der Waals surface area contributed by atoms with Crippen molar-refractivity contribution in [2.45, 2.75) is 19.5 Å². The number of nitrogens with one attached hydrogen (secondary N) is 2. The molecule has 0 spiro atoms. The Hall–Kier alpha value is -3.00. The van der Waals surface area contributed by atoms with Crippen molar-refractivity contribution in [2.75, 3.05) is 7.05 Å². The molecule has 0 fully saturated rings. The highest BCUT2D eigenvalue weighted by atomic mass is 32.1. The first-order valence-electron chi connectivity index (χ1n) is 8.09. The van der Waals surface area contributed by atoms with E-state index in [0.717, 1.165) is 5.56 Å². The monoisotopic (exact) mass is 370 g/mol. The molecule has 0 bridgehead atoms. The van der Waals surface area contributed by atoms with E-state index in [1.807, 2.05) is 5.38 Å². The number of fused-ring (bicyclic) bond motifs is 1. The summed E-state index contributed by atoms with van der Waals surface area (Å²) in [5.74, 6) is -0.306. The summed E-state index contributed by atoms with van der Waals surface area (Å²) in [6.45, 7) is 0.642. The molecule has 0 atom stereocenters. The molecule has 0 unspecified atom stereocenters. The van der Waals surface area contributed by atoms with Crippen LogP contribution in [0, 0.1) is 0 Å². The lowest BCUT2D eigenvalue weighted by Gasteiger charge is -2.08. The highest BCUT2D eigenvalue weighted by Crippen LogP contribution is 2.13. The molecule has 1 aromatic carbocycles. The van der Waals surface area contributed by atoms with E-state index in [4.69, 9.17) is 0 Å². The predicted molar refractivity (Wildman–Crippen MR) is 100 cm³/mol. The molecule has 2 amide bonds. The van der Waals surface area contributed by atoms with E-state index in [1.165, 1.54) is 22.2 Å². The standard InChI is InChI=1S/C18H18N4O3S/c1-19-16(24)13-4-2-12(3-5-13)10-20-15(23)6-8-22-11-21-17-14(18(22)25)7-9-26-17/h2-5,7,9,11H,6,8,10H2,1H3,(H,19,24)(H,20,23). The van der Waals surface area contributed by atoms with Crippen molar-refractivity contribution < 1.29 is 9.59 Å². The van der Waals surface area contributed by atoms with Crippen molar-refractivity contribution in [2.24, 2.45) is 0 Å². The van der Waals surface area contributed by atoms with Gasteiger partial charge in [0.2, 0.25) is 5.91 Å². The molecule has 0 aliphatic carbocycles. The first-order valence-corrected chi connectivity index (χ1v) is 8.97. The summed E-state index contributed by atoms with van der Waals surface area (Å²) in [5, 5.41) is 7.77. The Labute approximate surface area is 153 Å². The predicted octanol–water partition coefficient (Wildman–Crippen LogP) is 1.52. The van der Waals surface area contributed by atoms with Crippen LogP contribution in [0.15, 0.2) is 46.8 Å². The molecule has 3 aromatic rings. The Morgan fingerprint density at radius 2 is 1.96 bits per heavy atom. The van der Waals surface area contributed by atoms with Crippen molar-refractivity contribution in [3.63, 3.8) is 0 Å². The Kier molecular flexibility index (Phi) is 5.43. The van der Waals surface area contributed by atoms with Gasteiger partial charge in [-0.25, -0.2) is 4.98 Å². The third kappa shape index (κ3) is 3.97. The van der Waals surface area contributed by atoms with E-state index < -0.39 is 0 Å². The van der Waals surface area contributed by atoms with Crippen LogP contribution < -0.4 is 16.2 Å². The van der Waals surface area contributed by atoms with Crippen LogP contribution in [0.1, 0.15) is 22.3 Å². The molecule has 3 rings (SSSR count). The number of hydrogen-bond acceptors (Lipinski definition) is 5. The number of thiophene rings is 1. The van der Waals surface area contributed by atoms with Gasteiger partial charge in [-0.1, -0.05) is 12.1 Å². The molecule has 0 saturated carbocycles. The van der Waals surface area contributed by atoms with Crippen LogP contribution in [0.2, 0.25) is 0 Å². The van der Waals surface area contributed by atoms with Gasteiger partial charge in [0, 0.05) is 32.1 Å². The second-order valence-corrected chi connectivity index (χ2v) is 6.58. The Bertz CT molecular complexity index is 992. The second kappa shape index (κ2) is 7.92. The normalized spacial score (nSPS) is 10.7. The van der Waals surface area contributed by atoms with Gasteiger partial charge in [-0.05, 0) is 29.1 Å². The average molecular weight is 370 g/mol. The smallest absolute Gasteiger partial charge is 0.262 e. The molecule has 0 radical (unpaired) electrons. The number of amides is 2. The minimum Gasteiger partial charge on any atom is -0.355 e. The van der Waals surface area contributed by atoms with Gasteiger partial charge >= 0.3 is 0 Å². The van der Waals surface area contributed by atoms with Gasteiger partial charge in [-0.15, -0.1) is 11.3 Å². The van der Waals surface area contributed by atoms with E-state index in [0.29, 0.717) is 22.3 Å². The number of benzene rings is 1. The zero-order chi connectivity index (χ0) is 18.5. The summed E-state index contributed by atoms with van der Waals surface area (Å²) >= 11 is 1.42. The van der Waals surface area contributed by atoms with Crippen LogP contribution in [0.4, 0.5) is 0 Å². The van der Waals surface area contributed by atoms with Gasteiger partial charge in [0.15, 0.2) is 0 Å². The zero-order valence-corrected chi connectivity index (χ0v) is 15.0. The zero-order valence-electron chi connectivity index (χ0n) is 14.2. The Morgan fingerprint density at radius 1 is 1.19 bits per heavy atom. The molecule has 134 valence electrons.